The van der Waals surface area contributed by atoms with Crippen LogP contribution >= 0.6 is 12.2 Å². The molecule has 1 saturated carbocycles. The molecule has 0 spiro atoms. The number of nitriles is 1. The molecule has 2 fully saturated rings. The average Bonchev–Trinajstić information content (AvgIpc) is 3.21. The van der Waals surface area contributed by atoms with E-state index in [0.717, 1.165) is 44.6 Å². The number of likely N-dealkylation sites (tertiary alicyclic amines) is 1. The van der Waals surface area contributed by atoms with Crippen molar-refractivity contribution >= 4 is 18.1 Å². The van der Waals surface area contributed by atoms with Crippen molar-refractivity contribution in [1.82, 2.24) is 19.7 Å². The van der Waals surface area contributed by atoms with Gasteiger partial charge in [0.05, 0.1) is 6.07 Å². The van der Waals surface area contributed by atoms with Gasteiger partial charge in [0.2, 0.25) is 5.91 Å². The maximum atomic E-state index is 12.9. The summed E-state index contributed by atoms with van der Waals surface area (Å²) in [5.41, 5.74) is -0.780. The van der Waals surface area contributed by atoms with E-state index >= 15 is 0 Å². The van der Waals surface area contributed by atoms with Crippen LogP contribution in [0.1, 0.15) is 57.2 Å². The van der Waals surface area contributed by atoms with Gasteiger partial charge in [-0.05, 0) is 44.8 Å². The highest BCUT2D eigenvalue weighted by molar-refractivity contribution is 7.71. The molecule has 3 rings (SSSR count). The number of aromatic amines is 1. The van der Waals surface area contributed by atoms with E-state index in [4.69, 9.17) is 12.2 Å². The average molecular weight is 333 g/mol. The summed E-state index contributed by atoms with van der Waals surface area (Å²) in [6.45, 7) is 4.21. The number of nitrogens with zero attached hydrogens (tertiary/aromatic N) is 4. The van der Waals surface area contributed by atoms with Crippen molar-refractivity contribution < 1.29 is 4.79 Å². The molecule has 1 aliphatic heterocycles. The number of carbonyl (C=O) groups is 1. The molecule has 23 heavy (non-hydrogen) atoms. The van der Waals surface area contributed by atoms with Gasteiger partial charge in [-0.3, -0.25) is 9.89 Å². The minimum atomic E-state index is -0.780. The Hall–Kier alpha value is -1.68. The number of rotatable bonds is 3. The maximum Gasteiger partial charge on any atom is 0.243 e. The lowest BCUT2D eigenvalue weighted by atomic mass is 9.85. The van der Waals surface area contributed by atoms with Gasteiger partial charge in [0, 0.05) is 25.6 Å². The third-order valence-electron chi connectivity index (χ3n) is 5.26. The van der Waals surface area contributed by atoms with Gasteiger partial charge in [-0.25, -0.2) is 0 Å². The maximum absolute atomic E-state index is 12.9. The van der Waals surface area contributed by atoms with E-state index in [1.54, 1.807) is 0 Å². The van der Waals surface area contributed by atoms with Gasteiger partial charge in [-0.1, -0.05) is 12.8 Å². The Bertz CT molecular complexity index is 679. The number of nitrogens with one attached hydrogen (secondary N) is 1. The number of hydrogen-bond donors (Lipinski definition) is 1. The molecule has 0 bridgehead atoms. The standard InChI is InChI=1S/C16H23N5OS/c1-2-21-13(18-19-15(21)23)12-6-5-9-20(10-12)14(22)16(11-17)7-3-4-8-16/h12H,2-10H2,1H3,(H,19,23). The zero-order valence-corrected chi connectivity index (χ0v) is 14.4. The summed E-state index contributed by atoms with van der Waals surface area (Å²) < 4.78 is 2.64. The van der Waals surface area contributed by atoms with Crippen molar-refractivity contribution in [2.24, 2.45) is 5.41 Å². The fraction of sp³-hybridized carbons (Fsp3) is 0.750. The molecule has 2 heterocycles. The van der Waals surface area contributed by atoms with Crippen LogP contribution in [0.5, 0.6) is 0 Å². The first kappa shape index (κ1) is 16.2. The third-order valence-corrected chi connectivity index (χ3v) is 5.57. The van der Waals surface area contributed by atoms with Crippen molar-refractivity contribution in [3.8, 4) is 6.07 Å². The highest BCUT2D eigenvalue weighted by Crippen LogP contribution is 2.40. The van der Waals surface area contributed by atoms with Crippen molar-refractivity contribution in [2.75, 3.05) is 13.1 Å². The van der Waals surface area contributed by atoms with Gasteiger partial charge < -0.3 is 9.47 Å². The number of piperidine rings is 1. The Morgan fingerprint density at radius 1 is 1.48 bits per heavy atom. The lowest BCUT2D eigenvalue weighted by Gasteiger charge is -2.36. The second-order valence-corrected chi connectivity index (χ2v) is 7.01. The van der Waals surface area contributed by atoms with E-state index in [9.17, 15) is 10.1 Å². The van der Waals surface area contributed by atoms with Crippen LogP contribution in [0, 0.1) is 21.5 Å². The predicted molar refractivity (Wildman–Crippen MR) is 88.2 cm³/mol. The second-order valence-electron chi connectivity index (χ2n) is 6.62. The Kier molecular flexibility index (Phi) is 4.53. The van der Waals surface area contributed by atoms with Crippen LogP contribution < -0.4 is 0 Å². The normalized spacial score (nSPS) is 23.7. The second kappa shape index (κ2) is 6.44. The van der Waals surface area contributed by atoms with E-state index in [1.807, 2.05) is 16.4 Å². The molecule has 1 aromatic heterocycles. The van der Waals surface area contributed by atoms with Crippen molar-refractivity contribution in [3.63, 3.8) is 0 Å². The molecule has 1 saturated heterocycles. The Morgan fingerprint density at radius 3 is 2.87 bits per heavy atom. The third kappa shape index (κ3) is 2.80. The molecule has 0 aromatic carbocycles. The smallest absolute Gasteiger partial charge is 0.243 e. The first-order valence-electron chi connectivity index (χ1n) is 8.47. The topological polar surface area (TPSA) is 77.7 Å². The lowest BCUT2D eigenvalue weighted by molar-refractivity contribution is -0.140. The summed E-state index contributed by atoms with van der Waals surface area (Å²) in [6, 6.07) is 2.32. The van der Waals surface area contributed by atoms with Crippen molar-refractivity contribution in [3.05, 3.63) is 10.6 Å². The first-order chi connectivity index (χ1) is 11.1. The number of H-pyrrole nitrogens is 1. The molecule has 0 radical (unpaired) electrons. The predicted octanol–water partition coefficient (Wildman–Crippen LogP) is 2.75. The highest BCUT2D eigenvalue weighted by atomic mass is 32.1. The number of aromatic nitrogens is 3. The van der Waals surface area contributed by atoms with E-state index in [-0.39, 0.29) is 11.8 Å². The highest BCUT2D eigenvalue weighted by Gasteiger charge is 2.45. The van der Waals surface area contributed by atoms with Gasteiger partial charge in [0.1, 0.15) is 11.2 Å². The first-order valence-corrected chi connectivity index (χ1v) is 8.88. The lowest BCUT2D eigenvalue weighted by Crippen LogP contribution is -2.46. The van der Waals surface area contributed by atoms with Crippen LogP contribution in [-0.2, 0) is 11.3 Å². The summed E-state index contributed by atoms with van der Waals surface area (Å²) in [5.74, 6) is 1.16. The summed E-state index contributed by atoms with van der Waals surface area (Å²) in [5, 5.41) is 16.8. The van der Waals surface area contributed by atoms with Crippen LogP contribution in [0.25, 0.3) is 0 Å². The Morgan fingerprint density at radius 2 is 2.22 bits per heavy atom. The quantitative estimate of drug-likeness (QED) is 0.863. The molecule has 1 amide bonds. The summed E-state index contributed by atoms with van der Waals surface area (Å²) >= 11 is 5.27. The monoisotopic (exact) mass is 333 g/mol. The Labute approximate surface area is 141 Å². The molecule has 1 unspecified atom stereocenters. The van der Waals surface area contributed by atoms with Crippen LogP contribution in [0.2, 0.25) is 0 Å². The molecular weight excluding hydrogens is 310 g/mol. The largest absolute Gasteiger partial charge is 0.341 e. The van der Waals surface area contributed by atoms with Gasteiger partial charge in [0.15, 0.2) is 4.77 Å². The fourth-order valence-electron chi connectivity index (χ4n) is 3.97. The molecule has 1 atom stereocenters. The van der Waals surface area contributed by atoms with Crippen LogP contribution in [-0.4, -0.2) is 38.7 Å². The van der Waals surface area contributed by atoms with Crippen molar-refractivity contribution in [2.45, 2.75) is 57.9 Å². The molecule has 1 N–H and O–H groups in total. The minimum absolute atomic E-state index is 0.0272. The molecule has 2 aliphatic rings. The van der Waals surface area contributed by atoms with E-state index < -0.39 is 5.41 Å². The van der Waals surface area contributed by atoms with Gasteiger partial charge >= 0.3 is 0 Å². The van der Waals surface area contributed by atoms with Crippen molar-refractivity contribution in [1.29, 1.82) is 5.26 Å². The van der Waals surface area contributed by atoms with E-state index in [1.165, 1.54) is 0 Å². The van der Waals surface area contributed by atoms with Gasteiger partial charge in [0.25, 0.3) is 0 Å². The van der Waals surface area contributed by atoms with E-state index in [2.05, 4.69) is 16.3 Å². The molecular formula is C16H23N5OS. The van der Waals surface area contributed by atoms with Gasteiger partial charge in [-0.15, -0.1) is 0 Å². The van der Waals surface area contributed by atoms with E-state index in [0.29, 0.717) is 24.2 Å². The number of hydrogen-bond acceptors (Lipinski definition) is 4. The molecule has 124 valence electrons. The summed E-state index contributed by atoms with van der Waals surface area (Å²) in [4.78, 5) is 14.8. The zero-order valence-electron chi connectivity index (χ0n) is 13.5. The molecule has 1 aliphatic carbocycles. The van der Waals surface area contributed by atoms with Crippen LogP contribution in [0.3, 0.4) is 0 Å². The van der Waals surface area contributed by atoms with Crippen LogP contribution in [0.15, 0.2) is 0 Å². The van der Waals surface area contributed by atoms with Gasteiger partial charge in [-0.2, -0.15) is 10.4 Å². The summed E-state index contributed by atoms with van der Waals surface area (Å²) in [7, 11) is 0. The summed E-state index contributed by atoms with van der Waals surface area (Å²) in [6.07, 6.45) is 5.31. The molecule has 7 heteroatoms. The SMILES string of the molecule is CCn1c(C2CCCN(C(=O)C3(C#N)CCCC3)C2)n[nH]c1=S. The fourth-order valence-corrected chi connectivity index (χ4v) is 4.24. The molecule has 1 aromatic rings. The number of amides is 1. The van der Waals surface area contributed by atoms with Crippen LogP contribution in [0.4, 0.5) is 0 Å². The minimum Gasteiger partial charge on any atom is -0.341 e. The zero-order chi connectivity index (χ0) is 16.4. The Balaban J connectivity index is 1.80. The molecule has 6 nitrogen and oxygen atoms in total. The number of carbonyl (C=O) groups excluding carboxylic acids is 1.